The van der Waals surface area contributed by atoms with Crippen LogP contribution in [0.4, 0.5) is 0 Å². The van der Waals surface area contributed by atoms with Gasteiger partial charge in [-0.25, -0.2) is 0 Å². The summed E-state index contributed by atoms with van der Waals surface area (Å²) in [5, 5.41) is 1.63. The van der Waals surface area contributed by atoms with Crippen molar-refractivity contribution in [3.63, 3.8) is 0 Å². The number of ether oxygens (including phenoxy) is 2. The smallest absolute Gasteiger partial charge is 0.0593 e. The minimum absolute atomic E-state index is 0.683. The Morgan fingerprint density at radius 1 is 1.12 bits per heavy atom. The van der Waals surface area contributed by atoms with Gasteiger partial charge < -0.3 is 9.47 Å². The van der Waals surface area contributed by atoms with Crippen LogP contribution in [0.5, 0.6) is 0 Å². The lowest BCUT2D eigenvalue weighted by Gasteiger charge is -2.11. The molecule has 0 radical (unpaired) electrons. The molecule has 2 saturated heterocycles. The molecule has 0 aromatic rings. The molecule has 0 aromatic heterocycles. The van der Waals surface area contributed by atoms with E-state index < -0.39 is 0 Å². The van der Waals surface area contributed by atoms with Crippen molar-refractivity contribution in [1.29, 1.82) is 0 Å². The molecule has 0 N–H and O–H groups in total. The molecule has 2 rings (SSSR count). The van der Waals surface area contributed by atoms with Crippen molar-refractivity contribution in [3.8, 4) is 0 Å². The molecular weight excluding hydrogens is 240 g/mol. The molecule has 0 aliphatic carbocycles. The molecule has 94 valence electrons. The van der Waals surface area contributed by atoms with E-state index in [0.29, 0.717) is 5.92 Å². The molecule has 4 heteroatoms. The molecule has 2 aliphatic heterocycles. The fourth-order valence-corrected chi connectivity index (χ4v) is 2.41. The van der Waals surface area contributed by atoms with E-state index in [1.165, 1.54) is 24.3 Å². The molecule has 0 spiro atoms. The van der Waals surface area contributed by atoms with Gasteiger partial charge in [-0.05, 0) is 18.8 Å². The van der Waals surface area contributed by atoms with Crippen LogP contribution in [0.1, 0.15) is 19.8 Å². The summed E-state index contributed by atoms with van der Waals surface area (Å²) in [6, 6.07) is 0. The molecule has 2 heterocycles. The Balaban J connectivity index is 1.33. The van der Waals surface area contributed by atoms with Gasteiger partial charge in [0.2, 0.25) is 0 Å². The van der Waals surface area contributed by atoms with Crippen LogP contribution in [-0.2, 0) is 9.47 Å². The van der Waals surface area contributed by atoms with Crippen molar-refractivity contribution in [2.45, 2.75) is 30.3 Å². The van der Waals surface area contributed by atoms with Crippen LogP contribution in [0, 0.1) is 5.92 Å². The first-order valence-electron chi connectivity index (χ1n) is 6.23. The maximum atomic E-state index is 5.66. The van der Waals surface area contributed by atoms with Gasteiger partial charge in [0.25, 0.3) is 0 Å². The highest BCUT2D eigenvalue weighted by Crippen LogP contribution is 2.30. The third-order valence-electron chi connectivity index (χ3n) is 2.80. The Bertz CT molecular complexity index is 193. The fourth-order valence-electron chi connectivity index (χ4n) is 1.56. The molecule has 2 aliphatic rings. The summed E-state index contributed by atoms with van der Waals surface area (Å²) in [7, 11) is 0. The van der Waals surface area contributed by atoms with Gasteiger partial charge in [0.1, 0.15) is 0 Å². The number of rotatable bonds is 10. The maximum absolute atomic E-state index is 5.66. The zero-order valence-electron chi connectivity index (χ0n) is 10.0. The SMILES string of the molecule is CC(CCCOCC1CS1)COCC1CS1. The van der Waals surface area contributed by atoms with Crippen molar-refractivity contribution in [1.82, 2.24) is 0 Å². The molecule has 3 atom stereocenters. The Kier molecular flexibility index (Phi) is 5.83. The quantitative estimate of drug-likeness (QED) is 0.445. The van der Waals surface area contributed by atoms with Crippen molar-refractivity contribution >= 4 is 23.5 Å². The van der Waals surface area contributed by atoms with Gasteiger partial charge in [-0.3, -0.25) is 0 Å². The van der Waals surface area contributed by atoms with E-state index in [9.17, 15) is 0 Å². The topological polar surface area (TPSA) is 18.5 Å². The molecule has 3 unspecified atom stereocenters. The number of thioether (sulfide) groups is 2. The van der Waals surface area contributed by atoms with Gasteiger partial charge >= 0.3 is 0 Å². The number of hydrogen-bond acceptors (Lipinski definition) is 4. The lowest BCUT2D eigenvalue weighted by molar-refractivity contribution is 0.0967. The van der Waals surface area contributed by atoms with Crippen LogP contribution in [-0.4, -0.2) is 48.4 Å². The molecule has 2 fully saturated rings. The molecular formula is C12H22O2S2. The third kappa shape index (κ3) is 6.38. The van der Waals surface area contributed by atoms with Crippen LogP contribution >= 0.6 is 23.5 Å². The second-order valence-corrected chi connectivity index (χ2v) is 7.44. The normalized spacial score (nSPS) is 29.1. The van der Waals surface area contributed by atoms with E-state index >= 15 is 0 Å². The van der Waals surface area contributed by atoms with E-state index in [1.807, 2.05) is 23.5 Å². The van der Waals surface area contributed by atoms with Gasteiger partial charge in [-0.2, -0.15) is 23.5 Å². The zero-order chi connectivity index (χ0) is 11.2. The van der Waals surface area contributed by atoms with Crippen molar-refractivity contribution in [3.05, 3.63) is 0 Å². The van der Waals surface area contributed by atoms with E-state index in [-0.39, 0.29) is 0 Å². The lowest BCUT2D eigenvalue weighted by Crippen LogP contribution is -2.10. The van der Waals surface area contributed by atoms with Crippen molar-refractivity contribution in [2.24, 2.45) is 5.92 Å². The minimum Gasteiger partial charge on any atom is -0.380 e. The van der Waals surface area contributed by atoms with Gasteiger partial charge in [0.05, 0.1) is 13.2 Å². The van der Waals surface area contributed by atoms with Crippen LogP contribution in [0.3, 0.4) is 0 Å². The standard InChI is InChI=1S/C12H22O2S2/c1-10(5-14-7-12-9-16-12)3-2-4-13-6-11-8-15-11/h10-12H,2-9H2,1H3. The van der Waals surface area contributed by atoms with Gasteiger partial charge in [-0.1, -0.05) is 6.92 Å². The second-order valence-electron chi connectivity index (χ2n) is 4.77. The van der Waals surface area contributed by atoms with E-state index in [1.54, 1.807) is 0 Å². The third-order valence-corrected chi connectivity index (χ3v) is 4.68. The summed E-state index contributed by atoms with van der Waals surface area (Å²) in [6.45, 7) is 6.06. The van der Waals surface area contributed by atoms with Crippen LogP contribution in [0.15, 0.2) is 0 Å². The Morgan fingerprint density at radius 3 is 2.38 bits per heavy atom. The Labute approximate surface area is 107 Å². The highest BCUT2D eigenvalue weighted by Gasteiger charge is 2.23. The molecule has 2 nitrogen and oxygen atoms in total. The molecule has 16 heavy (non-hydrogen) atoms. The summed E-state index contributed by atoms with van der Waals surface area (Å²) >= 11 is 4.01. The van der Waals surface area contributed by atoms with E-state index in [0.717, 1.165) is 36.9 Å². The fraction of sp³-hybridized carbons (Fsp3) is 1.00. The first kappa shape index (κ1) is 13.1. The summed E-state index contributed by atoms with van der Waals surface area (Å²) in [4.78, 5) is 0. The molecule has 0 saturated carbocycles. The summed E-state index contributed by atoms with van der Waals surface area (Å²) in [5.41, 5.74) is 0. The maximum Gasteiger partial charge on any atom is 0.0593 e. The van der Waals surface area contributed by atoms with Crippen molar-refractivity contribution in [2.75, 3.05) is 37.9 Å². The predicted octanol–water partition coefficient (Wildman–Crippen LogP) is 2.67. The highest BCUT2D eigenvalue weighted by atomic mass is 32.2. The summed E-state index contributed by atoms with van der Waals surface area (Å²) in [6.07, 6.45) is 2.41. The van der Waals surface area contributed by atoms with Crippen molar-refractivity contribution < 1.29 is 9.47 Å². The first-order chi connectivity index (χ1) is 7.84. The van der Waals surface area contributed by atoms with Gasteiger partial charge in [-0.15, -0.1) is 0 Å². The zero-order valence-corrected chi connectivity index (χ0v) is 11.7. The second kappa shape index (κ2) is 7.14. The average molecular weight is 262 g/mol. The molecule has 0 bridgehead atoms. The largest absolute Gasteiger partial charge is 0.380 e. The van der Waals surface area contributed by atoms with Crippen LogP contribution in [0.2, 0.25) is 0 Å². The highest BCUT2D eigenvalue weighted by molar-refractivity contribution is 8.07. The van der Waals surface area contributed by atoms with Crippen LogP contribution in [0.25, 0.3) is 0 Å². The monoisotopic (exact) mass is 262 g/mol. The van der Waals surface area contributed by atoms with Gasteiger partial charge in [0.15, 0.2) is 0 Å². The summed E-state index contributed by atoms with van der Waals surface area (Å²) in [5.74, 6) is 3.30. The van der Waals surface area contributed by atoms with E-state index in [2.05, 4.69) is 6.92 Å². The van der Waals surface area contributed by atoms with Gasteiger partial charge in [0, 0.05) is 35.2 Å². The Hall–Kier alpha value is 0.620. The molecule has 0 aromatic carbocycles. The average Bonchev–Trinajstić information content (AvgIpc) is 3.12. The van der Waals surface area contributed by atoms with Crippen LogP contribution < -0.4 is 0 Å². The first-order valence-corrected chi connectivity index (χ1v) is 8.33. The lowest BCUT2D eigenvalue weighted by atomic mass is 10.1. The van der Waals surface area contributed by atoms with E-state index in [4.69, 9.17) is 9.47 Å². The summed E-state index contributed by atoms with van der Waals surface area (Å²) < 4.78 is 11.3. The molecule has 0 amide bonds. The predicted molar refractivity (Wildman–Crippen MR) is 72.5 cm³/mol. The number of hydrogen-bond donors (Lipinski definition) is 0. The minimum atomic E-state index is 0.683. The Morgan fingerprint density at radius 2 is 1.75 bits per heavy atom.